The van der Waals surface area contributed by atoms with Gasteiger partial charge in [-0.15, -0.1) is 18.2 Å². The Morgan fingerprint density at radius 1 is 1.35 bits per heavy atom. The lowest BCUT2D eigenvalue weighted by Gasteiger charge is -2.30. The predicted octanol–water partition coefficient (Wildman–Crippen LogP) is 4.07. The minimum Gasteiger partial charge on any atom is -0.299 e. The van der Waals surface area contributed by atoms with Crippen molar-refractivity contribution in [1.82, 2.24) is 0 Å². The first kappa shape index (κ1) is 18.0. The van der Waals surface area contributed by atoms with Crippen molar-refractivity contribution >= 4 is 44.4 Å². The highest BCUT2D eigenvalue weighted by atomic mass is 127. The lowest BCUT2D eigenvalue weighted by Crippen LogP contribution is -2.41. The maximum Gasteiger partial charge on any atom is 0.149 e. The summed E-state index contributed by atoms with van der Waals surface area (Å²) in [6.45, 7) is 7.66. The Balaban J connectivity index is 2.82. The smallest absolute Gasteiger partial charge is 0.149 e. The van der Waals surface area contributed by atoms with Crippen LogP contribution in [0.1, 0.15) is 39.5 Å². The molecule has 0 aromatic rings. The summed E-state index contributed by atoms with van der Waals surface area (Å²) < 4.78 is 11.3. The molecule has 0 spiro atoms. The molecule has 1 saturated carbocycles. The second-order valence-corrected chi connectivity index (χ2v) is 8.13. The second-order valence-electron chi connectivity index (χ2n) is 5.62. The van der Waals surface area contributed by atoms with Crippen molar-refractivity contribution in [2.75, 3.05) is 0 Å². The van der Waals surface area contributed by atoms with Gasteiger partial charge < -0.3 is 0 Å². The number of Topliss-reactive ketones (excluding diaryl/α,β-unsaturated/α-hetero) is 2. The van der Waals surface area contributed by atoms with Crippen LogP contribution in [0.25, 0.3) is 0 Å². The number of hydrogen-bond acceptors (Lipinski definition) is 3. The van der Waals surface area contributed by atoms with E-state index in [4.69, 9.17) is 11.6 Å². The molecule has 1 aliphatic carbocycles. The van der Waals surface area contributed by atoms with Crippen molar-refractivity contribution in [2.45, 2.75) is 48.8 Å². The van der Waals surface area contributed by atoms with Crippen LogP contribution < -0.4 is 0 Å². The average Bonchev–Trinajstić information content (AvgIpc) is 2.42. The number of alkyl halides is 2. The van der Waals surface area contributed by atoms with Crippen LogP contribution in [0.4, 0.5) is 0 Å². The van der Waals surface area contributed by atoms with Crippen LogP contribution in [0.2, 0.25) is 0 Å². The van der Waals surface area contributed by atoms with Gasteiger partial charge in [0.1, 0.15) is 32.8 Å². The number of allylic oxidation sites excluding steroid dienone is 1. The van der Waals surface area contributed by atoms with Crippen molar-refractivity contribution in [1.29, 1.82) is 0 Å². The molecule has 0 amide bonds. The van der Waals surface area contributed by atoms with Crippen LogP contribution in [-0.4, -0.2) is 20.9 Å². The van der Waals surface area contributed by atoms with Crippen molar-refractivity contribution in [2.24, 2.45) is 17.8 Å². The molecular weight excluding hydrogens is 391 g/mol. The zero-order valence-corrected chi connectivity index (χ0v) is 14.9. The molecule has 0 bridgehead atoms. The molecule has 5 heteroatoms. The van der Waals surface area contributed by atoms with E-state index in [1.165, 1.54) is 0 Å². The first-order valence-electron chi connectivity index (χ1n) is 7.00. The highest BCUT2D eigenvalue weighted by Gasteiger charge is 2.41. The van der Waals surface area contributed by atoms with Gasteiger partial charge in [-0.3, -0.25) is 12.7 Å². The molecule has 0 aliphatic heterocycles. The molecule has 1 fully saturated rings. The van der Waals surface area contributed by atoms with E-state index in [1.54, 1.807) is 0 Å². The predicted molar refractivity (Wildman–Crippen MR) is 88.6 cm³/mol. The highest BCUT2D eigenvalue weighted by Crippen LogP contribution is 2.36. The van der Waals surface area contributed by atoms with Crippen LogP contribution in [0.3, 0.4) is 0 Å². The summed E-state index contributed by atoms with van der Waals surface area (Å²) in [7, 11) is 0. The Bertz CT molecular complexity index is 381. The van der Waals surface area contributed by atoms with Crippen molar-refractivity contribution in [3.05, 3.63) is 12.7 Å². The largest absolute Gasteiger partial charge is 0.299 e. The second kappa shape index (κ2) is 8.37. The highest BCUT2D eigenvalue weighted by molar-refractivity contribution is 14.1. The summed E-state index contributed by atoms with van der Waals surface area (Å²) in [4.78, 5) is 24.0. The van der Waals surface area contributed by atoms with Gasteiger partial charge in [-0.05, 0) is 24.7 Å². The topological polar surface area (TPSA) is 51.2 Å². The number of ketones is 2. The molecular formula is C15H22ClIO3. The van der Waals surface area contributed by atoms with Crippen LogP contribution in [0.5, 0.6) is 0 Å². The monoisotopic (exact) mass is 412 g/mol. The van der Waals surface area contributed by atoms with Crippen molar-refractivity contribution in [3.63, 3.8) is 0 Å². The van der Waals surface area contributed by atoms with Gasteiger partial charge >= 0.3 is 0 Å². The molecule has 3 unspecified atom stereocenters. The van der Waals surface area contributed by atoms with Gasteiger partial charge in [0.05, 0.1) is 9.84 Å². The number of rotatable bonds is 7. The summed E-state index contributed by atoms with van der Waals surface area (Å²) in [6, 6.07) is 0. The SMILES string of the molecule is C=CC(C)CC(Cl)[C@H](C)C(I=O)C1C(=O)CCCC1=O. The number of hydrogen-bond donors (Lipinski definition) is 0. The molecule has 1 aliphatic rings. The molecule has 0 aromatic carbocycles. The standard InChI is InChI=1S/C15H22ClIO3/c1-4-9(2)8-11(16)10(3)15(17-20)14-12(18)6-5-7-13(14)19/h4,9-11,14-15H,1,5-8H2,2-3H3/t9?,10-,11?,15?/m0/s1. The molecule has 0 saturated heterocycles. The molecule has 0 heterocycles. The fourth-order valence-corrected chi connectivity index (χ4v) is 5.33. The lowest BCUT2D eigenvalue weighted by atomic mass is 9.79. The Morgan fingerprint density at radius 3 is 2.35 bits per heavy atom. The summed E-state index contributed by atoms with van der Waals surface area (Å²) in [5.41, 5.74) is 0. The number of carbonyl (C=O) groups excluding carboxylic acids is 2. The van der Waals surface area contributed by atoms with Gasteiger partial charge in [-0.1, -0.05) is 19.9 Å². The molecule has 1 rings (SSSR count). The number of carbonyl (C=O) groups is 2. The van der Waals surface area contributed by atoms with Gasteiger partial charge in [0.2, 0.25) is 0 Å². The van der Waals surface area contributed by atoms with E-state index in [2.05, 4.69) is 6.58 Å². The lowest BCUT2D eigenvalue weighted by molar-refractivity contribution is -0.135. The van der Waals surface area contributed by atoms with E-state index in [-0.39, 0.29) is 32.7 Å². The number of halogens is 2. The third-order valence-electron chi connectivity index (χ3n) is 4.03. The molecule has 20 heavy (non-hydrogen) atoms. The summed E-state index contributed by atoms with van der Waals surface area (Å²) in [6.07, 6.45) is 4.05. The van der Waals surface area contributed by atoms with Gasteiger partial charge in [0.15, 0.2) is 0 Å². The molecule has 0 aromatic heterocycles. The Labute approximate surface area is 136 Å². The van der Waals surface area contributed by atoms with E-state index < -0.39 is 27.1 Å². The van der Waals surface area contributed by atoms with Gasteiger partial charge in [0, 0.05) is 18.2 Å². The van der Waals surface area contributed by atoms with Crippen LogP contribution in [0.15, 0.2) is 12.7 Å². The van der Waals surface area contributed by atoms with E-state index in [1.807, 2.05) is 19.9 Å². The van der Waals surface area contributed by atoms with Gasteiger partial charge in [-0.25, -0.2) is 0 Å². The van der Waals surface area contributed by atoms with Crippen LogP contribution >= 0.6 is 32.8 Å². The Kier molecular flexibility index (Phi) is 7.51. The molecule has 0 radical (unpaired) electrons. The molecule has 4 atom stereocenters. The normalized spacial score (nSPS) is 23.1. The minimum absolute atomic E-state index is 0.0470. The van der Waals surface area contributed by atoms with E-state index in [9.17, 15) is 12.7 Å². The van der Waals surface area contributed by atoms with Crippen LogP contribution in [-0.2, 0) is 12.7 Å². The van der Waals surface area contributed by atoms with E-state index in [0.717, 1.165) is 6.42 Å². The summed E-state index contributed by atoms with van der Waals surface area (Å²) in [5.74, 6) is -0.600. The zero-order chi connectivity index (χ0) is 15.3. The fourth-order valence-electron chi connectivity index (χ4n) is 2.58. The third kappa shape index (κ3) is 4.45. The summed E-state index contributed by atoms with van der Waals surface area (Å²) >= 11 is 4.96. The maximum atomic E-state index is 12.0. The fraction of sp³-hybridized carbons (Fsp3) is 0.733. The zero-order valence-electron chi connectivity index (χ0n) is 12.0. The van der Waals surface area contributed by atoms with E-state index in [0.29, 0.717) is 19.3 Å². The average molecular weight is 413 g/mol. The Morgan fingerprint density at radius 2 is 1.90 bits per heavy atom. The molecule has 114 valence electrons. The maximum absolute atomic E-state index is 12.0. The van der Waals surface area contributed by atoms with Crippen LogP contribution in [0, 0.1) is 17.8 Å². The first-order valence-corrected chi connectivity index (χ1v) is 9.56. The van der Waals surface area contributed by atoms with Crippen molar-refractivity contribution in [3.8, 4) is 0 Å². The van der Waals surface area contributed by atoms with Gasteiger partial charge in [0.25, 0.3) is 0 Å². The Hall–Kier alpha value is -0.100. The quantitative estimate of drug-likeness (QED) is 0.274. The molecule has 0 N–H and O–H groups in total. The summed E-state index contributed by atoms with van der Waals surface area (Å²) in [5, 5.41) is -0.191. The first-order chi connectivity index (χ1) is 9.42. The van der Waals surface area contributed by atoms with Crippen molar-refractivity contribution < 1.29 is 12.7 Å². The van der Waals surface area contributed by atoms with Gasteiger partial charge in [-0.2, -0.15) is 0 Å². The molecule has 3 nitrogen and oxygen atoms in total. The van der Waals surface area contributed by atoms with E-state index >= 15 is 0 Å². The minimum atomic E-state index is -1.44. The third-order valence-corrected chi connectivity index (χ3v) is 7.05.